The molecule has 0 unspecified atom stereocenters. The summed E-state index contributed by atoms with van der Waals surface area (Å²) in [5, 5.41) is 3.76. The van der Waals surface area contributed by atoms with Gasteiger partial charge in [0.1, 0.15) is 6.61 Å². The van der Waals surface area contributed by atoms with Gasteiger partial charge in [-0.05, 0) is 49.9 Å². The average Bonchev–Trinajstić information content (AvgIpc) is 2.67. The molecule has 1 aliphatic carbocycles. The van der Waals surface area contributed by atoms with Gasteiger partial charge in [-0.2, -0.15) is 0 Å². The molecule has 0 bridgehead atoms. The third kappa shape index (κ3) is 6.56. The summed E-state index contributed by atoms with van der Waals surface area (Å²) < 4.78 is 11.9. The van der Waals surface area contributed by atoms with Gasteiger partial charge in [0.2, 0.25) is 0 Å². The summed E-state index contributed by atoms with van der Waals surface area (Å²) in [5.74, 6) is 1.66. The molecule has 1 N–H and O–H groups in total. The molecule has 0 spiro atoms. The number of aryl methyl sites for hydroxylation is 1. The fourth-order valence-electron chi connectivity index (χ4n) is 3.94. The van der Waals surface area contributed by atoms with Crippen molar-refractivity contribution < 1.29 is 9.47 Å². The average molecular weight is 382 g/mol. The van der Waals surface area contributed by atoms with E-state index < -0.39 is 0 Å². The first-order valence-corrected chi connectivity index (χ1v) is 10.9. The van der Waals surface area contributed by atoms with E-state index in [9.17, 15) is 0 Å². The Labute approximate surface area is 170 Å². The largest absolute Gasteiger partial charge is 0.490 e. The molecule has 28 heavy (non-hydrogen) atoms. The first-order chi connectivity index (χ1) is 13.7. The molecular formula is C25H35NO2. The maximum absolute atomic E-state index is 6.07. The lowest BCUT2D eigenvalue weighted by molar-refractivity contribution is 0.269. The molecule has 0 amide bonds. The van der Waals surface area contributed by atoms with Gasteiger partial charge in [0.25, 0.3) is 0 Å². The summed E-state index contributed by atoms with van der Waals surface area (Å²) >= 11 is 0. The van der Waals surface area contributed by atoms with Crippen molar-refractivity contribution in [3.63, 3.8) is 0 Å². The second kappa shape index (κ2) is 11.1. The molecule has 0 aromatic heterocycles. The summed E-state index contributed by atoms with van der Waals surface area (Å²) in [7, 11) is 0. The molecule has 3 rings (SSSR count). The van der Waals surface area contributed by atoms with Crippen LogP contribution in [-0.4, -0.2) is 12.6 Å². The molecule has 3 nitrogen and oxygen atoms in total. The molecule has 3 heteroatoms. The monoisotopic (exact) mass is 381 g/mol. The van der Waals surface area contributed by atoms with E-state index >= 15 is 0 Å². The van der Waals surface area contributed by atoms with Gasteiger partial charge in [-0.15, -0.1) is 0 Å². The zero-order valence-electron chi connectivity index (χ0n) is 17.5. The zero-order valence-corrected chi connectivity index (χ0v) is 17.5. The van der Waals surface area contributed by atoms with Crippen molar-refractivity contribution in [1.82, 2.24) is 5.32 Å². The molecule has 0 aliphatic heterocycles. The van der Waals surface area contributed by atoms with Gasteiger partial charge in [0.05, 0.1) is 6.61 Å². The number of rotatable bonds is 8. The van der Waals surface area contributed by atoms with Crippen molar-refractivity contribution in [3.05, 3.63) is 59.2 Å². The molecule has 1 saturated carbocycles. The van der Waals surface area contributed by atoms with Crippen LogP contribution < -0.4 is 14.8 Å². The SMILES string of the molecule is CCOc1cc(CNC2CCCCCCC2)ccc1OCc1cccc(C)c1. The van der Waals surface area contributed by atoms with Crippen LogP contribution in [0.2, 0.25) is 0 Å². The van der Waals surface area contributed by atoms with Gasteiger partial charge in [-0.25, -0.2) is 0 Å². The number of ether oxygens (including phenoxy) is 2. The van der Waals surface area contributed by atoms with Crippen LogP contribution >= 0.6 is 0 Å². The fourth-order valence-corrected chi connectivity index (χ4v) is 3.94. The van der Waals surface area contributed by atoms with Gasteiger partial charge in [-0.1, -0.05) is 68.0 Å². The third-order valence-corrected chi connectivity index (χ3v) is 5.48. The van der Waals surface area contributed by atoms with E-state index in [0.717, 1.165) is 18.0 Å². The Balaban J connectivity index is 1.59. The van der Waals surface area contributed by atoms with Crippen LogP contribution in [0.5, 0.6) is 11.5 Å². The predicted molar refractivity (Wildman–Crippen MR) is 116 cm³/mol. The Morgan fingerprint density at radius 3 is 2.39 bits per heavy atom. The second-order valence-electron chi connectivity index (χ2n) is 7.91. The summed E-state index contributed by atoms with van der Waals surface area (Å²) in [5.41, 5.74) is 3.69. The van der Waals surface area contributed by atoms with Crippen LogP contribution in [0.4, 0.5) is 0 Å². The molecule has 0 atom stereocenters. The highest BCUT2D eigenvalue weighted by molar-refractivity contribution is 5.43. The fraction of sp³-hybridized carbons (Fsp3) is 0.520. The Bertz CT molecular complexity index is 720. The number of nitrogens with one attached hydrogen (secondary N) is 1. The molecule has 152 valence electrons. The van der Waals surface area contributed by atoms with Crippen LogP contribution in [0.25, 0.3) is 0 Å². The van der Waals surface area contributed by atoms with Crippen molar-refractivity contribution in [3.8, 4) is 11.5 Å². The summed E-state index contributed by atoms with van der Waals surface area (Å²) in [6, 6.07) is 15.4. The van der Waals surface area contributed by atoms with Crippen molar-refractivity contribution in [2.45, 2.75) is 78.0 Å². The van der Waals surface area contributed by atoms with Crippen LogP contribution in [0, 0.1) is 6.92 Å². The molecule has 0 radical (unpaired) electrons. The number of benzene rings is 2. The molecule has 2 aromatic rings. The van der Waals surface area contributed by atoms with Crippen molar-refractivity contribution in [2.75, 3.05) is 6.61 Å². The van der Waals surface area contributed by atoms with Crippen LogP contribution in [0.1, 0.15) is 68.6 Å². The van der Waals surface area contributed by atoms with E-state index in [2.05, 4.69) is 54.7 Å². The van der Waals surface area contributed by atoms with Crippen LogP contribution in [-0.2, 0) is 13.2 Å². The van der Waals surface area contributed by atoms with E-state index in [1.54, 1.807) is 0 Å². The third-order valence-electron chi connectivity index (χ3n) is 5.48. The Hall–Kier alpha value is -2.00. The van der Waals surface area contributed by atoms with E-state index in [1.807, 2.05) is 6.92 Å². The lowest BCUT2D eigenvalue weighted by atomic mass is 9.96. The smallest absolute Gasteiger partial charge is 0.161 e. The molecule has 1 fully saturated rings. The van der Waals surface area contributed by atoms with Gasteiger partial charge < -0.3 is 14.8 Å². The van der Waals surface area contributed by atoms with E-state index in [4.69, 9.17) is 9.47 Å². The lowest BCUT2D eigenvalue weighted by Gasteiger charge is -2.21. The lowest BCUT2D eigenvalue weighted by Crippen LogP contribution is -2.29. The highest BCUT2D eigenvalue weighted by Crippen LogP contribution is 2.29. The number of hydrogen-bond donors (Lipinski definition) is 1. The van der Waals surface area contributed by atoms with Crippen molar-refractivity contribution in [1.29, 1.82) is 0 Å². The summed E-state index contributed by atoms with van der Waals surface area (Å²) in [6.45, 7) is 6.21. The topological polar surface area (TPSA) is 30.5 Å². The van der Waals surface area contributed by atoms with E-state index in [-0.39, 0.29) is 0 Å². The molecule has 2 aromatic carbocycles. The Morgan fingerprint density at radius 2 is 1.64 bits per heavy atom. The van der Waals surface area contributed by atoms with Crippen molar-refractivity contribution >= 4 is 0 Å². The molecule has 0 heterocycles. The maximum Gasteiger partial charge on any atom is 0.161 e. The minimum Gasteiger partial charge on any atom is -0.490 e. The van der Waals surface area contributed by atoms with Gasteiger partial charge in [0.15, 0.2) is 11.5 Å². The standard InChI is InChI=1S/C25H35NO2/c1-3-27-25-17-21(18-26-23-12-7-5-4-6-8-13-23)14-15-24(25)28-19-22-11-9-10-20(2)16-22/h9-11,14-17,23,26H,3-8,12-13,18-19H2,1-2H3. The van der Waals surface area contributed by atoms with Gasteiger partial charge in [0, 0.05) is 12.6 Å². The van der Waals surface area contributed by atoms with E-state index in [0.29, 0.717) is 19.3 Å². The molecular weight excluding hydrogens is 346 g/mol. The molecule has 0 saturated heterocycles. The highest BCUT2D eigenvalue weighted by atomic mass is 16.5. The van der Waals surface area contributed by atoms with Gasteiger partial charge in [-0.3, -0.25) is 0 Å². The second-order valence-corrected chi connectivity index (χ2v) is 7.91. The highest BCUT2D eigenvalue weighted by Gasteiger charge is 2.12. The number of hydrogen-bond acceptors (Lipinski definition) is 3. The van der Waals surface area contributed by atoms with Crippen LogP contribution in [0.15, 0.2) is 42.5 Å². The maximum atomic E-state index is 6.07. The minimum absolute atomic E-state index is 0.557. The summed E-state index contributed by atoms with van der Waals surface area (Å²) in [6.07, 6.45) is 9.50. The van der Waals surface area contributed by atoms with Crippen molar-refractivity contribution in [2.24, 2.45) is 0 Å². The Kier molecular flexibility index (Phi) is 8.23. The zero-order chi connectivity index (χ0) is 19.6. The van der Waals surface area contributed by atoms with E-state index in [1.165, 1.54) is 61.6 Å². The Morgan fingerprint density at radius 1 is 0.857 bits per heavy atom. The normalized spacial score (nSPS) is 15.6. The first kappa shape index (κ1) is 20.7. The predicted octanol–water partition coefficient (Wildman–Crippen LogP) is 6.18. The minimum atomic E-state index is 0.557. The van der Waals surface area contributed by atoms with Gasteiger partial charge >= 0.3 is 0 Å². The first-order valence-electron chi connectivity index (χ1n) is 10.9. The quantitative estimate of drug-likeness (QED) is 0.592. The van der Waals surface area contributed by atoms with Crippen LogP contribution in [0.3, 0.4) is 0 Å². The molecule has 1 aliphatic rings. The summed E-state index contributed by atoms with van der Waals surface area (Å²) in [4.78, 5) is 0.